The van der Waals surface area contributed by atoms with E-state index in [0.29, 0.717) is 26.3 Å². The first kappa shape index (κ1) is 22.1. The number of nitrogens with zero attached hydrogens (tertiary/aromatic N) is 3. The highest BCUT2D eigenvalue weighted by Gasteiger charge is 2.19. The van der Waals surface area contributed by atoms with Gasteiger partial charge in [0.1, 0.15) is 12.4 Å². The number of carbonyl (C=O) groups excluding carboxylic acids is 1. The van der Waals surface area contributed by atoms with Crippen molar-refractivity contribution in [3.8, 4) is 5.75 Å². The van der Waals surface area contributed by atoms with Gasteiger partial charge in [-0.3, -0.25) is 9.69 Å². The van der Waals surface area contributed by atoms with Crippen molar-refractivity contribution in [2.24, 2.45) is 0 Å². The first-order valence-electron chi connectivity index (χ1n) is 11.1. The molecule has 0 atom stereocenters. The van der Waals surface area contributed by atoms with Crippen LogP contribution in [0.2, 0.25) is 0 Å². The second kappa shape index (κ2) is 11.0. The van der Waals surface area contributed by atoms with E-state index >= 15 is 0 Å². The molecule has 1 fully saturated rings. The number of H-pyrrole nitrogens is 1. The topological polar surface area (TPSA) is 82.7 Å². The van der Waals surface area contributed by atoms with Gasteiger partial charge in [-0.25, -0.2) is 4.98 Å². The minimum Gasteiger partial charge on any atom is -0.491 e. The fourth-order valence-electron chi connectivity index (χ4n) is 3.84. The van der Waals surface area contributed by atoms with Gasteiger partial charge in [-0.05, 0) is 36.2 Å². The first-order chi connectivity index (χ1) is 15.7. The fraction of sp³-hybridized carbons (Fsp3) is 0.417. The van der Waals surface area contributed by atoms with Crippen molar-refractivity contribution in [3.05, 3.63) is 54.1 Å². The average molecular weight is 438 g/mol. The van der Waals surface area contributed by atoms with Crippen LogP contribution < -0.4 is 15.0 Å². The summed E-state index contributed by atoms with van der Waals surface area (Å²) in [6, 6.07) is 15.9. The van der Waals surface area contributed by atoms with Crippen molar-refractivity contribution in [2.45, 2.75) is 13.0 Å². The molecule has 1 aliphatic heterocycles. The van der Waals surface area contributed by atoms with Crippen molar-refractivity contribution < 1.29 is 14.3 Å². The lowest BCUT2D eigenvalue weighted by Crippen LogP contribution is -2.39. The lowest BCUT2D eigenvalue weighted by Gasteiger charge is -2.21. The molecule has 8 nitrogen and oxygen atoms in total. The molecule has 0 bridgehead atoms. The monoisotopic (exact) mass is 437 g/mol. The number of rotatable bonds is 9. The van der Waals surface area contributed by atoms with E-state index in [0.717, 1.165) is 60.9 Å². The SMILES string of the molecule is COCCOc1ccc(CNC(=O)CN2CCCN(c3nc4ccccc4[nH]3)CC2)cc1. The number of para-hydroxylation sites is 2. The highest BCUT2D eigenvalue weighted by Crippen LogP contribution is 2.18. The molecule has 32 heavy (non-hydrogen) atoms. The zero-order valence-electron chi connectivity index (χ0n) is 18.5. The number of anilines is 1. The summed E-state index contributed by atoms with van der Waals surface area (Å²) in [5, 5.41) is 3.03. The van der Waals surface area contributed by atoms with E-state index in [-0.39, 0.29) is 5.91 Å². The van der Waals surface area contributed by atoms with Crippen LogP contribution in [-0.2, 0) is 16.1 Å². The number of carbonyl (C=O) groups is 1. The third-order valence-corrected chi connectivity index (χ3v) is 5.60. The molecular weight excluding hydrogens is 406 g/mol. The molecule has 4 rings (SSSR count). The highest BCUT2D eigenvalue weighted by molar-refractivity contribution is 5.78. The third kappa shape index (κ3) is 5.99. The summed E-state index contributed by atoms with van der Waals surface area (Å²) in [6.07, 6.45) is 0.995. The number of amides is 1. The van der Waals surface area contributed by atoms with Gasteiger partial charge in [0.15, 0.2) is 0 Å². The van der Waals surface area contributed by atoms with Gasteiger partial charge < -0.3 is 24.7 Å². The van der Waals surface area contributed by atoms with Crippen molar-refractivity contribution in [1.82, 2.24) is 20.2 Å². The molecule has 0 radical (unpaired) electrons. The maximum Gasteiger partial charge on any atom is 0.234 e. The maximum atomic E-state index is 12.5. The number of methoxy groups -OCH3 is 1. The summed E-state index contributed by atoms with van der Waals surface area (Å²) < 4.78 is 10.5. The Labute approximate surface area is 188 Å². The molecule has 3 aromatic rings. The second-order valence-electron chi connectivity index (χ2n) is 7.96. The molecule has 1 amide bonds. The van der Waals surface area contributed by atoms with Gasteiger partial charge in [-0.1, -0.05) is 24.3 Å². The molecule has 170 valence electrons. The first-order valence-corrected chi connectivity index (χ1v) is 11.1. The Morgan fingerprint density at radius 1 is 1.06 bits per heavy atom. The summed E-state index contributed by atoms with van der Waals surface area (Å²) in [6.45, 7) is 5.51. The molecule has 1 aromatic heterocycles. The second-order valence-corrected chi connectivity index (χ2v) is 7.96. The molecule has 0 saturated carbocycles. The number of hydrogen-bond donors (Lipinski definition) is 2. The summed E-state index contributed by atoms with van der Waals surface area (Å²) in [7, 11) is 1.65. The summed E-state index contributed by atoms with van der Waals surface area (Å²) in [4.78, 5) is 25.1. The lowest BCUT2D eigenvalue weighted by atomic mass is 10.2. The standard InChI is InChI=1S/C24H31N5O3/c1-31-15-16-32-20-9-7-19(8-10-20)17-25-23(30)18-28-11-4-12-29(14-13-28)24-26-21-5-2-3-6-22(21)27-24/h2-3,5-10H,4,11-18H2,1H3,(H,25,30)(H,26,27). The van der Waals surface area contributed by atoms with E-state index in [2.05, 4.69) is 20.1 Å². The van der Waals surface area contributed by atoms with Crippen molar-refractivity contribution in [2.75, 3.05) is 57.9 Å². The molecule has 8 heteroatoms. The average Bonchev–Trinajstić information content (AvgIpc) is 3.11. The molecule has 1 aliphatic rings. The largest absolute Gasteiger partial charge is 0.491 e. The van der Waals surface area contributed by atoms with Gasteiger partial charge in [0.05, 0.1) is 24.2 Å². The van der Waals surface area contributed by atoms with E-state index in [1.165, 1.54) is 0 Å². The van der Waals surface area contributed by atoms with Crippen LogP contribution in [0.25, 0.3) is 11.0 Å². The molecule has 0 spiro atoms. The molecule has 0 unspecified atom stereocenters. The fourth-order valence-corrected chi connectivity index (χ4v) is 3.84. The Morgan fingerprint density at radius 2 is 1.91 bits per heavy atom. The lowest BCUT2D eigenvalue weighted by molar-refractivity contribution is -0.122. The smallest absolute Gasteiger partial charge is 0.234 e. The van der Waals surface area contributed by atoms with Crippen LogP contribution in [0.15, 0.2) is 48.5 Å². The number of hydrogen-bond acceptors (Lipinski definition) is 6. The maximum absolute atomic E-state index is 12.5. The zero-order valence-corrected chi connectivity index (χ0v) is 18.5. The quantitative estimate of drug-likeness (QED) is 0.501. The Hall–Kier alpha value is -3.10. The number of nitrogens with one attached hydrogen (secondary N) is 2. The van der Waals surface area contributed by atoms with E-state index in [4.69, 9.17) is 14.5 Å². The predicted molar refractivity (Wildman–Crippen MR) is 125 cm³/mol. The van der Waals surface area contributed by atoms with E-state index in [1.54, 1.807) is 7.11 Å². The summed E-state index contributed by atoms with van der Waals surface area (Å²) in [5.74, 6) is 1.76. The Bertz CT molecular complexity index is 971. The van der Waals surface area contributed by atoms with E-state index < -0.39 is 0 Å². The van der Waals surface area contributed by atoms with Gasteiger partial charge >= 0.3 is 0 Å². The van der Waals surface area contributed by atoms with Crippen LogP contribution in [0.4, 0.5) is 5.95 Å². The Kier molecular flexibility index (Phi) is 7.58. The van der Waals surface area contributed by atoms with Gasteiger partial charge in [0.25, 0.3) is 0 Å². The number of aromatic nitrogens is 2. The zero-order chi connectivity index (χ0) is 22.2. The van der Waals surface area contributed by atoms with Gasteiger partial charge in [-0.15, -0.1) is 0 Å². The van der Waals surface area contributed by atoms with Crippen LogP contribution in [0.3, 0.4) is 0 Å². The number of imidazole rings is 1. The molecular formula is C24H31N5O3. The molecule has 0 aliphatic carbocycles. The molecule has 2 heterocycles. The number of fused-ring (bicyclic) bond motifs is 1. The summed E-state index contributed by atoms with van der Waals surface area (Å²) in [5.41, 5.74) is 3.08. The molecule has 1 saturated heterocycles. The van der Waals surface area contributed by atoms with Crippen LogP contribution >= 0.6 is 0 Å². The minimum absolute atomic E-state index is 0.0441. The van der Waals surface area contributed by atoms with Gasteiger partial charge in [0.2, 0.25) is 11.9 Å². The molecule has 2 aromatic carbocycles. The van der Waals surface area contributed by atoms with Crippen molar-refractivity contribution in [1.29, 1.82) is 0 Å². The van der Waals surface area contributed by atoms with Crippen LogP contribution in [0.1, 0.15) is 12.0 Å². The van der Waals surface area contributed by atoms with Gasteiger partial charge in [0, 0.05) is 39.8 Å². The Balaban J connectivity index is 1.21. The Morgan fingerprint density at radius 3 is 2.72 bits per heavy atom. The summed E-state index contributed by atoms with van der Waals surface area (Å²) >= 11 is 0. The van der Waals surface area contributed by atoms with Crippen molar-refractivity contribution in [3.63, 3.8) is 0 Å². The number of ether oxygens (including phenoxy) is 2. The van der Waals surface area contributed by atoms with Crippen LogP contribution in [0.5, 0.6) is 5.75 Å². The van der Waals surface area contributed by atoms with E-state index in [1.807, 2.05) is 48.5 Å². The number of benzene rings is 2. The number of aromatic amines is 1. The minimum atomic E-state index is 0.0441. The molecule has 2 N–H and O–H groups in total. The predicted octanol–water partition coefficient (Wildman–Crippen LogP) is 2.42. The van der Waals surface area contributed by atoms with E-state index in [9.17, 15) is 4.79 Å². The van der Waals surface area contributed by atoms with Crippen LogP contribution in [-0.4, -0.2) is 73.8 Å². The van der Waals surface area contributed by atoms with Crippen LogP contribution in [0, 0.1) is 0 Å². The van der Waals surface area contributed by atoms with Gasteiger partial charge in [-0.2, -0.15) is 0 Å². The normalized spacial score (nSPS) is 15.0. The highest BCUT2D eigenvalue weighted by atomic mass is 16.5. The third-order valence-electron chi connectivity index (χ3n) is 5.60. The van der Waals surface area contributed by atoms with Crippen molar-refractivity contribution >= 4 is 22.9 Å².